The molecule has 1 aromatic carbocycles. The van der Waals surface area contributed by atoms with Crippen molar-refractivity contribution in [2.24, 2.45) is 5.73 Å². The van der Waals surface area contributed by atoms with Gasteiger partial charge in [0.05, 0.1) is 6.54 Å². The van der Waals surface area contributed by atoms with Crippen LogP contribution in [0.3, 0.4) is 0 Å². The normalized spacial score (nSPS) is 12.5. The van der Waals surface area contributed by atoms with E-state index in [0.717, 1.165) is 36.3 Å². The highest BCUT2D eigenvalue weighted by atomic mass is 19.1. The summed E-state index contributed by atoms with van der Waals surface area (Å²) in [5.41, 5.74) is 8.85. The molecule has 1 aliphatic rings. The monoisotopic (exact) mass is 435 g/mol. The van der Waals surface area contributed by atoms with Crippen molar-refractivity contribution in [1.29, 1.82) is 0 Å². The number of anilines is 1. The van der Waals surface area contributed by atoms with E-state index in [0.29, 0.717) is 36.0 Å². The third-order valence-electron chi connectivity index (χ3n) is 5.32. The molecule has 0 spiro atoms. The minimum atomic E-state index is -0.341. The Bertz CT molecular complexity index is 1120. The Morgan fingerprint density at radius 2 is 2.09 bits per heavy atom. The summed E-state index contributed by atoms with van der Waals surface area (Å²) in [7, 11) is 1.85. The molecule has 0 fully saturated rings. The Kier molecular flexibility index (Phi) is 6.70. The first-order valence-corrected chi connectivity index (χ1v) is 10.7. The Morgan fingerprint density at radius 1 is 1.22 bits per heavy atom. The van der Waals surface area contributed by atoms with E-state index in [1.165, 1.54) is 12.1 Å². The molecule has 3 aromatic rings. The second-order valence-corrected chi connectivity index (χ2v) is 7.86. The molecule has 2 aromatic heterocycles. The second-order valence-electron chi connectivity index (χ2n) is 7.86. The summed E-state index contributed by atoms with van der Waals surface area (Å²) in [6.45, 7) is 1.01. The van der Waals surface area contributed by atoms with Crippen LogP contribution in [0.25, 0.3) is 11.5 Å². The van der Waals surface area contributed by atoms with E-state index in [9.17, 15) is 9.18 Å². The number of nitrogens with two attached hydrogens (primary N) is 1. The summed E-state index contributed by atoms with van der Waals surface area (Å²) in [4.78, 5) is 28.4. The molecular formula is C24H26FN5O2. The number of hydrogen-bond acceptors (Lipinski definition) is 7. The average Bonchev–Trinajstić information content (AvgIpc) is 3.26. The molecule has 0 saturated heterocycles. The van der Waals surface area contributed by atoms with Crippen LogP contribution >= 0.6 is 0 Å². The lowest BCUT2D eigenvalue weighted by atomic mass is 10.1. The average molecular weight is 436 g/mol. The topological polar surface area (TPSA) is 94.2 Å². The first kappa shape index (κ1) is 21.8. The van der Waals surface area contributed by atoms with Gasteiger partial charge in [0.2, 0.25) is 0 Å². The fourth-order valence-corrected chi connectivity index (χ4v) is 3.91. The van der Waals surface area contributed by atoms with Crippen molar-refractivity contribution in [3.05, 3.63) is 65.2 Å². The van der Waals surface area contributed by atoms with Crippen molar-refractivity contribution in [3.63, 3.8) is 0 Å². The first-order chi connectivity index (χ1) is 15.5. The van der Waals surface area contributed by atoms with Crippen LogP contribution < -0.4 is 15.4 Å². The molecule has 8 heteroatoms. The fraction of sp³-hybridized carbons (Fsp3) is 0.333. The minimum Gasteiger partial charge on any atom is -0.492 e. The summed E-state index contributed by atoms with van der Waals surface area (Å²) in [6, 6.07) is 9.70. The van der Waals surface area contributed by atoms with E-state index >= 15 is 0 Å². The van der Waals surface area contributed by atoms with Crippen LogP contribution in [0.4, 0.5) is 10.2 Å². The molecule has 0 aliphatic heterocycles. The Hall–Kier alpha value is -3.39. The maximum atomic E-state index is 13.4. The van der Waals surface area contributed by atoms with Crippen LogP contribution in [-0.2, 0) is 24.1 Å². The van der Waals surface area contributed by atoms with Gasteiger partial charge in [-0.05, 0) is 43.0 Å². The number of halogens is 1. The highest BCUT2D eigenvalue weighted by Gasteiger charge is 2.23. The molecular weight excluding hydrogens is 409 g/mol. The molecule has 7 nitrogen and oxygen atoms in total. The number of aromatic nitrogens is 3. The molecule has 0 bridgehead atoms. The van der Waals surface area contributed by atoms with E-state index in [-0.39, 0.29) is 24.6 Å². The molecule has 0 amide bonds. The molecule has 166 valence electrons. The first-order valence-electron chi connectivity index (χ1n) is 10.7. The highest BCUT2D eigenvalue weighted by molar-refractivity contribution is 5.85. The zero-order valence-electron chi connectivity index (χ0n) is 18.1. The third kappa shape index (κ3) is 5.08. The standard InChI is InChI=1S/C24H26FN5O2/c1-30(15-18(31)13-16-4-2-5-17(25)12-16)24-20-6-3-7-21(20)28-23(29-24)22-14-19(8-10-27-22)32-11-9-26/h2,4-5,8,10,12,14H,3,6-7,9,11,13,15,26H2,1H3. The maximum absolute atomic E-state index is 13.4. The molecule has 2 heterocycles. The molecule has 0 atom stereocenters. The summed E-state index contributed by atoms with van der Waals surface area (Å²) < 4.78 is 19.0. The molecule has 1 aliphatic carbocycles. The molecule has 0 unspecified atom stereocenters. The Labute approximate surface area is 186 Å². The number of nitrogens with zero attached hydrogens (tertiary/aromatic N) is 4. The van der Waals surface area contributed by atoms with Crippen LogP contribution in [0.2, 0.25) is 0 Å². The number of likely N-dealkylation sites (N-methyl/N-ethyl adjacent to an activating group) is 1. The maximum Gasteiger partial charge on any atom is 0.180 e. The lowest BCUT2D eigenvalue weighted by Crippen LogP contribution is -2.28. The van der Waals surface area contributed by atoms with Gasteiger partial charge in [0.25, 0.3) is 0 Å². The fourth-order valence-electron chi connectivity index (χ4n) is 3.91. The quantitative estimate of drug-likeness (QED) is 0.552. The van der Waals surface area contributed by atoms with Crippen molar-refractivity contribution in [2.45, 2.75) is 25.7 Å². The second kappa shape index (κ2) is 9.82. The predicted molar refractivity (Wildman–Crippen MR) is 120 cm³/mol. The molecule has 32 heavy (non-hydrogen) atoms. The number of benzene rings is 1. The van der Waals surface area contributed by atoms with Crippen LogP contribution in [0, 0.1) is 5.82 Å². The number of hydrogen-bond donors (Lipinski definition) is 1. The number of rotatable bonds is 9. The van der Waals surface area contributed by atoms with Crippen molar-refractivity contribution < 1.29 is 13.9 Å². The van der Waals surface area contributed by atoms with Gasteiger partial charge in [-0.15, -0.1) is 0 Å². The number of aryl methyl sites for hydroxylation is 1. The van der Waals surface area contributed by atoms with E-state index in [1.807, 2.05) is 11.9 Å². The van der Waals surface area contributed by atoms with Gasteiger partial charge in [-0.3, -0.25) is 9.78 Å². The van der Waals surface area contributed by atoms with Gasteiger partial charge in [0, 0.05) is 43.5 Å². The molecule has 0 saturated carbocycles. The number of carbonyl (C=O) groups excluding carboxylic acids is 1. The summed E-state index contributed by atoms with van der Waals surface area (Å²) in [6.07, 6.45) is 4.57. The highest BCUT2D eigenvalue weighted by Crippen LogP contribution is 2.31. The minimum absolute atomic E-state index is 0.0136. The predicted octanol–water partition coefficient (Wildman–Crippen LogP) is 2.75. The zero-order valence-corrected chi connectivity index (χ0v) is 18.1. The van der Waals surface area contributed by atoms with Crippen molar-refractivity contribution in [2.75, 3.05) is 31.6 Å². The smallest absolute Gasteiger partial charge is 0.180 e. The van der Waals surface area contributed by atoms with Crippen molar-refractivity contribution in [1.82, 2.24) is 15.0 Å². The Morgan fingerprint density at radius 3 is 2.91 bits per heavy atom. The van der Waals surface area contributed by atoms with Gasteiger partial charge >= 0.3 is 0 Å². The van der Waals surface area contributed by atoms with Gasteiger partial charge in [0.1, 0.15) is 29.7 Å². The van der Waals surface area contributed by atoms with Gasteiger partial charge < -0.3 is 15.4 Å². The molecule has 4 rings (SSSR count). The number of ketones is 1. The number of pyridine rings is 1. The number of ether oxygens (including phenoxy) is 1. The van der Waals surface area contributed by atoms with Gasteiger partial charge in [-0.25, -0.2) is 14.4 Å². The van der Waals surface area contributed by atoms with Gasteiger partial charge in [-0.2, -0.15) is 0 Å². The molecule has 0 radical (unpaired) electrons. The van der Waals surface area contributed by atoms with E-state index < -0.39 is 0 Å². The number of carbonyl (C=O) groups is 1. The number of Topliss-reactive ketones (excluding diaryl/α,β-unsaturated/α-hetero) is 1. The molecule has 2 N–H and O–H groups in total. The lowest BCUT2D eigenvalue weighted by molar-refractivity contribution is -0.117. The van der Waals surface area contributed by atoms with Crippen LogP contribution in [0.5, 0.6) is 5.75 Å². The van der Waals surface area contributed by atoms with Crippen molar-refractivity contribution in [3.8, 4) is 17.3 Å². The lowest BCUT2D eigenvalue weighted by Gasteiger charge is -2.21. The summed E-state index contributed by atoms with van der Waals surface area (Å²) in [5, 5.41) is 0. The summed E-state index contributed by atoms with van der Waals surface area (Å²) >= 11 is 0. The SMILES string of the molecule is CN(CC(=O)Cc1cccc(F)c1)c1nc(-c2cc(OCCN)ccn2)nc2c1CCC2. The van der Waals surface area contributed by atoms with Gasteiger partial charge in [0.15, 0.2) is 11.6 Å². The van der Waals surface area contributed by atoms with Crippen LogP contribution in [0.1, 0.15) is 23.2 Å². The van der Waals surface area contributed by atoms with E-state index in [1.54, 1.807) is 30.5 Å². The zero-order chi connectivity index (χ0) is 22.5. The van der Waals surface area contributed by atoms with Gasteiger partial charge in [-0.1, -0.05) is 12.1 Å². The third-order valence-corrected chi connectivity index (χ3v) is 5.32. The number of fused-ring (bicyclic) bond motifs is 1. The largest absolute Gasteiger partial charge is 0.492 e. The van der Waals surface area contributed by atoms with E-state index in [4.69, 9.17) is 20.4 Å². The van der Waals surface area contributed by atoms with Crippen LogP contribution in [0.15, 0.2) is 42.6 Å². The Balaban J connectivity index is 1.57. The van der Waals surface area contributed by atoms with E-state index in [2.05, 4.69) is 4.98 Å². The van der Waals surface area contributed by atoms with Crippen LogP contribution in [-0.4, -0.2) is 47.5 Å². The van der Waals surface area contributed by atoms with Crippen molar-refractivity contribution >= 4 is 11.6 Å². The summed E-state index contributed by atoms with van der Waals surface area (Å²) in [5.74, 6) is 1.55.